The molecule has 0 N–H and O–H groups in total. The van der Waals surface area contributed by atoms with E-state index in [1.165, 1.54) is 4.88 Å². The normalized spacial score (nSPS) is 9.29. The lowest BCUT2D eigenvalue weighted by Gasteiger charge is -1.78. The molecule has 0 saturated heterocycles. The molecular formula is C6H7S. The second kappa shape index (κ2) is 2.12. The van der Waals surface area contributed by atoms with E-state index in [1.807, 2.05) is 6.07 Å². The molecule has 0 bridgehead atoms. The minimum Gasteiger partial charge on any atom is -0.139 e. The summed E-state index contributed by atoms with van der Waals surface area (Å²) in [6.07, 6.45) is 1.15. The lowest BCUT2D eigenvalue weighted by atomic mass is 10.4. The molecule has 0 aliphatic rings. The molecule has 1 aromatic rings. The molecule has 0 atom stereocenters. The summed E-state index contributed by atoms with van der Waals surface area (Å²) < 4.78 is 0. The lowest BCUT2D eigenvalue weighted by molar-refractivity contribution is 1.19. The zero-order chi connectivity index (χ0) is 5.11. The van der Waals surface area contributed by atoms with Crippen molar-refractivity contribution in [1.82, 2.24) is 0 Å². The summed E-state index contributed by atoms with van der Waals surface area (Å²) in [6.45, 7) is 2.15. The largest absolute Gasteiger partial charge is 0.139 e. The van der Waals surface area contributed by atoms with Gasteiger partial charge in [-0.25, -0.2) is 0 Å². The summed E-state index contributed by atoms with van der Waals surface area (Å²) in [7, 11) is 0. The van der Waals surface area contributed by atoms with Gasteiger partial charge >= 0.3 is 0 Å². The number of aryl methyl sites for hydroxylation is 1. The van der Waals surface area contributed by atoms with Crippen LogP contribution in [0, 0.1) is 5.38 Å². The molecule has 1 radical (unpaired) electrons. The Balaban J connectivity index is 2.76. The Labute approximate surface area is 47.8 Å². The van der Waals surface area contributed by atoms with E-state index in [0.717, 1.165) is 6.42 Å². The molecular weight excluding hydrogens is 104 g/mol. The van der Waals surface area contributed by atoms with Gasteiger partial charge in [0.25, 0.3) is 0 Å². The van der Waals surface area contributed by atoms with Gasteiger partial charge in [-0.05, 0) is 18.6 Å². The molecule has 0 unspecified atom stereocenters. The molecule has 1 heteroatoms. The van der Waals surface area contributed by atoms with Crippen LogP contribution >= 0.6 is 11.3 Å². The Kier molecular flexibility index (Phi) is 1.47. The molecule has 1 aromatic heterocycles. The third-order valence-electron chi connectivity index (χ3n) is 0.876. The van der Waals surface area contributed by atoms with Gasteiger partial charge in [-0.1, -0.05) is 6.92 Å². The zero-order valence-corrected chi connectivity index (χ0v) is 5.09. The molecule has 0 aromatic carbocycles. The van der Waals surface area contributed by atoms with Gasteiger partial charge in [0.05, 0.1) is 0 Å². The fourth-order valence-electron chi connectivity index (χ4n) is 0.461. The molecule has 0 nitrogen and oxygen atoms in total. The number of thiophene rings is 1. The van der Waals surface area contributed by atoms with Crippen molar-refractivity contribution in [2.45, 2.75) is 13.3 Å². The topological polar surface area (TPSA) is 0 Å². The summed E-state index contributed by atoms with van der Waals surface area (Å²) in [5, 5.41) is 3.02. The summed E-state index contributed by atoms with van der Waals surface area (Å²) in [6, 6.07) is 4.06. The second-order valence-electron chi connectivity index (χ2n) is 1.37. The van der Waals surface area contributed by atoms with Gasteiger partial charge in [-0.2, -0.15) is 0 Å². The van der Waals surface area contributed by atoms with Crippen LogP contribution in [0.25, 0.3) is 0 Å². The average molecular weight is 111 g/mol. The standard InChI is InChI=1S/C6H7S/c1-2-6-4-3-5-7-6/h3-4H,2H2,1H3. The molecule has 37 valence electrons. The van der Waals surface area contributed by atoms with Crippen molar-refractivity contribution in [2.75, 3.05) is 0 Å². The highest BCUT2D eigenvalue weighted by molar-refractivity contribution is 7.09. The van der Waals surface area contributed by atoms with E-state index in [0.29, 0.717) is 0 Å². The van der Waals surface area contributed by atoms with Crippen molar-refractivity contribution in [3.8, 4) is 0 Å². The van der Waals surface area contributed by atoms with Crippen LogP contribution in [0.3, 0.4) is 0 Å². The van der Waals surface area contributed by atoms with E-state index < -0.39 is 0 Å². The molecule has 0 spiro atoms. The molecule has 0 fully saturated rings. The van der Waals surface area contributed by atoms with E-state index in [9.17, 15) is 0 Å². The highest BCUT2D eigenvalue weighted by Crippen LogP contribution is 2.06. The molecule has 0 aliphatic carbocycles. The van der Waals surface area contributed by atoms with Crippen molar-refractivity contribution in [3.05, 3.63) is 22.4 Å². The lowest BCUT2D eigenvalue weighted by Crippen LogP contribution is -1.63. The van der Waals surface area contributed by atoms with E-state index in [2.05, 4.69) is 18.4 Å². The Morgan fingerprint density at radius 3 is 3.00 bits per heavy atom. The fourth-order valence-corrected chi connectivity index (χ4v) is 1.03. The monoisotopic (exact) mass is 111 g/mol. The van der Waals surface area contributed by atoms with E-state index in [-0.39, 0.29) is 0 Å². The fraction of sp³-hybridized carbons (Fsp3) is 0.333. The van der Waals surface area contributed by atoms with Crippen LogP contribution in [-0.4, -0.2) is 0 Å². The van der Waals surface area contributed by atoms with Crippen molar-refractivity contribution in [2.24, 2.45) is 0 Å². The first-order valence-corrected chi connectivity index (χ1v) is 3.20. The van der Waals surface area contributed by atoms with Gasteiger partial charge in [0.15, 0.2) is 0 Å². The first kappa shape index (κ1) is 4.85. The zero-order valence-electron chi connectivity index (χ0n) is 4.27. The maximum absolute atomic E-state index is 3.02. The van der Waals surface area contributed by atoms with Gasteiger partial charge in [-0.15, -0.1) is 11.3 Å². The van der Waals surface area contributed by atoms with Gasteiger partial charge in [0, 0.05) is 10.3 Å². The summed E-state index contributed by atoms with van der Waals surface area (Å²) in [5.74, 6) is 0. The number of rotatable bonds is 1. The van der Waals surface area contributed by atoms with Gasteiger partial charge in [0.2, 0.25) is 0 Å². The van der Waals surface area contributed by atoms with Crippen LogP contribution in [-0.2, 0) is 6.42 Å². The quantitative estimate of drug-likeness (QED) is 0.520. The van der Waals surface area contributed by atoms with Crippen molar-refractivity contribution < 1.29 is 0 Å². The van der Waals surface area contributed by atoms with Crippen LogP contribution in [0.2, 0.25) is 0 Å². The third kappa shape index (κ3) is 1.03. The van der Waals surface area contributed by atoms with Gasteiger partial charge in [-0.3, -0.25) is 0 Å². The summed E-state index contributed by atoms with van der Waals surface area (Å²) in [4.78, 5) is 1.42. The summed E-state index contributed by atoms with van der Waals surface area (Å²) >= 11 is 1.70. The highest BCUT2D eigenvalue weighted by atomic mass is 32.1. The van der Waals surface area contributed by atoms with E-state index in [1.54, 1.807) is 11.3 Å². The van der Waals surface area contributed by atoms with Crippen LogP contribution in [0.4, 0.5) is 0 Å². The first-order valence-electron chi connectivity index (χ1n) is 2.38. The molecule has 1 rings (SSSR count). The maximum atomic E-state index is 3.02. The SMILES string of the molecule is CCc1cc[c]s1. The van der Waals surface area contributed by atoms with Crippen LogP contribution in [0.15, 0.2) is 12.1 Å². The molecule has 0 aliphatic heterocycles. The number of hydrogen-bond donors (Lipinski definition) is 0. The Bertz CT molecular complexity index is 119. The second-order valence-corrected chi connectivity index (χ2v) is 2.34. The van der Waals surface area contributed by atoms with Crippen LogP contribution < -0.4 is 0 Å². The molecule has 7 heavy (non-hydrogen) atoms. The first-order chi connectivity index (χ1) is 3.43. The molecule has 1 heterocycles. The predicted molar refractivity (Wildman–Crippen MR) is 32.5 cm³/mol. The third-order valence-corrected chi connectivity index (χ3v) is 1.82. The van der Waals surface area contributed by atoms with Crippen molar-refractivity contribution in [3.63, 3.8) is 0 Å². The van der Waals surface area contributed by atoms with E-state index >= 15 is 0 Å². The number of hydrogen-bond acceptors (Lipinski definition) is 1. The van der Waals surface area contributed by atoms with E-state index in [4.69, 9.17) is 0 Å². The molecule has 0 saturated carbocycles. The maximum Gasteiger partial charge on any atom is 0.0445 e. The molecule has 0 amide bonds. The van der Waals surface area contributed by atoms with Crippen LogP contribution in [0.1, 0.15) is 11.8 Å². The summed E-state index contributed by atoms with van der Waals surface area (Å²) in [5.41, 5.74) is 0. The van der Waals surface area contributed by atoms with Crippen molar-refractivity contribution in [1.29, 1.82) is 0 Å². The smallest absolute Gasteiger partial charge is 0.0445 e. The van der Waals surface area contributed by atoms with Gasteiger partial charge < -0.3 is 0 Å². The Morgan fingerprint density at radius 1 is 1.86 bits per heavy atom. The Morgan fingerprint density at radius 2 is 2.71 bits per heavy atom. The van der Waals surface area contributed by atoms with Gasteiger partial charge in [0.1, 0.15) is 0 Å². The Hall–Kier alpha value is -0.300. The van der Waals surface area contributed by atoms with Crippen molar-refractivity contribution >= 4 is 11.3 Å². The highest BCUT2D eigenvalue weighted by Gasteiger charge is 1.83. The minimum atomic E-state index is 1.15. The minimum absolute atomic E-state index is 1.15. The average Bonchev–Trinajstić information content (AvgIpc) is 2.14. The van der Waals surface area contributed by atoms with Crippen LogP contribution in [0.5, 0.6) is 0 Å². The predicted octanol–water partition coefficient (Wildman–Crippen LogP) is 2.11.